The van der Waals surface area contributed by atoms with E-state index in [0.29, 0.717) is 48.6 Å². The van der Waals surface area contributed by atoms with Crippen molar-refractivity contribution in [3.05, 3.63) is 42.1 Å². The Labute approximate surface area is 201 Å². The quantitative estimate of drug-likeness (QED) is 0.575. The first-order chi connectivity index (χ1) is 16.8. The number of nitrogens with zero attached hydrogens (tertiary/aromatic N) is 4. The molecule has 186 valence electrons. The summed E-state index contributed by atoms with van der Waals surface area (Å²) in [6, 6.07) is 7.10. The molecule has 0 bridgehead atoms. The third kappa shape index (κ3) is 4.98. The maximum absolute atomic E-state index is 13.0. The van der Waals surface area contributed by atoms with Gasteiger partial charge in [-0.1, -0.05) is 19.3 Å². The van der Waals surface area contributed by atoms with Crippen molar-refractivity contribution in [2.24, 2.45) is 5.92 Å². The molecular formula is C25H28F3N5O2. The van der Waals surface area contributed by atoms with Crippen LogP contribution < -0.4 is 4.90 Å². The van der Waals surface area contributed by atoms with Crippen LogP contribution in [0.5, 0.6) is 0 Å². The lowest BCUT2D eigenvalue weighted by atomic mass is 9.85. The highest BCUT2D eigenvalue weighted by Gasteiger charge is 2.33. The van der Waals surface area contributed by atoms with Crippen LogP contribution in [0.3, 0.4) is 0 Å². The van der Waals surface area contributed by atoms with E-state index >= 15 is 0 Å². The number of piperazine rings is 1. The molecule has 0 radical (unpaired) electrons. The van der Waals surface area contributed by atoms with Crippen molar-refractivity contribution < 1.29 is 23.1 Å². The molecule has 5 rings (SSSR count). The number of amides is 1. The maximum Gasteiger partial charge on any atom is 0.416 e. The molecule has 1 aliphatic carbocycles. The van der Waals surface area contributed by atoms with Gasteiger partial charge in [-0.15, -0.1) is 0 Å². The summed E-state index contributed by atoms with van der Waals surface area (Å²) in [5.41, 5.74) is 0.712. The number of carbonyl (C=O) groups excluding carboxylic acids is 1. The average molecular weight is 488 g/mol. The first kappa shape index (κ1) is 23.6. The van der Waals surface area contributed by atoms with Gasteiger partial charge in [-0.25, -0.2) is 9.97 Å². The van der Waals surface area contributed by atoms with Gasteiger partial charge in [0, 0.05) is 37.9 Å². The zero-order valence-corrected chi connectivity index (χ0v) is 19.3. The second-order valence-electron chi connectivity index (χ2n) is 9.38. The number of anilines is 1. The number of hydrogen-bond donors (Lipinski definition) is 2. The Hall–Kier alpha value is -3.14. The SMILES string of the molecule is O=C(C(O)C1CCCCC1)N1CCN(c2ccc(-c3nc4ccc(C(F)(F)F)cc4[nH]3)cn2)CC1. The van der Waals surface area contributed by atoms with Crippen molar-refractivity contribution in [1.82, 2.24) is 19.9 Å². The summed E-state index contributed by atoms with van der Waals surface area (Å²) in [4.78, 5) is 28.4. The number of aliphatic hydroxyl groups excluding tert-OH is 1. The van der Waals surface area contributed by atoms with Gasteiger partial charge >= 0.3 is 6.18 Å². The van der Waals surface area contributed by atoms with Gasteiger partial charge in [0.1, 0.15) is 17.7 Å². The van der Waals surface area contributed by atoms with Gasteiger partial charge in [-0.05, 0) is 49.1 Å². The van der Waals surface area contributed by atoms with Crippen LogP contribution in [0, 0.1) is 5.92 Å². The van der Waals surface area contributed by atoms with Gasteiger partial charge in [0.05, 0.1) is 16.6 Å². The molecule has 1 saturated carbocycles. The van der Waals surface area contributed by atoms with Gasteiger partial charge in [0.25, 0.3) is 5.91 Å². The third-order valence-corrected chi connectivity index (χ3v) is 7.10. The summed E-state index contributed by atoms with van der Waals surface area (Å²) in [6.07, 6.45) is 1.48. The van der Waals surface area contributed by atoms with Gasteiger partial charge in [0.2, 0.25) is 0 Å². The van der Waals surface area contributed by atoms with Crippen LogP contribution in [0.1, 0.15) is 37.7 Å². The van der Waals surface area contributed by atoms with Crippen LogP contribution in [0.4, 0.5) is 19.0 Å². The largest absolute Gasteiger partial charge is 0.416 e. The summed E-state index contributed by atoms with van der Waals surface area (Å²) >= 11 is 0. The molecular weight excluding hydrogens is 459 g/mol. The molecule has 3 heterocycles. The Balaban J connectivity index is 1.22. The summed E-state index contributed by atoms with van der Waals surface area (Å²) < 4.78 is 38.9. The van der Waals surface area contributed by atoms with Crippen molar-refractivity contribution >= 4 is 22.8 Å². The maximum atomic E-state index is 13.0. The monoisotopic (exact) mass is 487 g/mol. The average Bonchev–Trinajstić information content (AvgIpc) is 3.32. The zero-order chi connectivity index (χ0) is 24.6. The molecule has 1 unspecified atom stereocenters. The van der Waals surface area contributed by atoms with Crippen molar-refractivity contribution in [3.63, 3.8) is 0 Å². The fourth-order valence-electron chi connectivity index (χ4n) is 5.03. The van der Waals surface area contributed by atoms with E-state index in [4.69, 9.17) is 0 Å². The van der Waals surface area contributed by atoms with Crippen molar-refractivity contribution in [1.29, 1.82) is 0 Å². The first-order valence-corrected chi connectivity index (χ1v) is 12.0. The molecule has 1 aromatic carbocycles. The van der Waals surface area contributed by atoms with Crippen molar-refractivity contribution in [2.45, 2.75) is 44.4 Å². The second kappa shape index (κ2) is 9.49. The Kier molecular flexibility index (Phi) is 6.39. The number of fused-ring (bicyclic) bond motifs is 1. The number of hydrogen-bond acceptors (Lipinski definition) is 5. The summed E-state index contributed by atoms with van der Waals surface area (Å²) in [6.45, 7) is 2.27. The normalized spacial score (nSPS) is 18.7. The third-order valence-electron chi connectivity index (χ3n) is 7.10. The molecule has 1 aliphatic heterocycles. The number of aliphatic hydroxyl groups is 1. The number of H-pyrrole nitrogens is 1. The molecule has 1 amide bonds. The number of imidazole rings is 1. The number of rotatable bonds is 4. The number of halogens is 3. The number of carbonyl (C=O) groups is 1. The zero-order valence-electron chi connectivity index (χ0n) is 19.3. The summed E-state index contributed by atoms with van der Waals surface area (Å²) in [7, 11) is 0. The smallest absolute Gasteiger partial charge is 0.383 e. The number of benzene rings is 1. The minimum absolute atomic E-state index is 0.0711. The number of aromatic nitrogens is 3. The molecule has 10 heteroatoms. The van der Waals surface area contributed by atoms with E-state index in [1.54, 1.807) is 11.1 Å². The molecule has 3 aromatic rings. The fourth-order valence-corrected chi connectivity index (χ4v) is 5.03. The van der Waals surface area contributed by atoms with Gasteiger partial charge in [-0.3, -0.25) is 4.79 Å². The van der Waals surface area contributed by atoms with Gasteiger partial charge < -0.3 is 19.9 Å². The Morgan fingerprint density at radius 1 is 1.06 bits per heavy atom. The minimum atomic E-state index is -4.41. The first-order valence-electron chi connectivity index (χ1n) is 12.0. The lowest BCUT2D eigenvalue weighted by Crippen LogP contribution is -2.53. The van der Waals surface area contributed by atoms with Gasteiger partial charge in [-0.2, -0.15) is 13.2 Å². The van der Waals surface area contributed by atoms with E-state index in [2.05, 4.69) is 19.9 Å². The Morgan fingerprint density at radius 3 is 2.46 bits per heavy atom. The van der Waals surface area contributed by atoms with Crippen LogP contribution in [0.25, 0.3) is 22.4 Å². The van der Waals surface area contributed by atoms with E-state index in [9.17, 15) is 23.1 Å². The van der Waals surface area contributed by atoms with E-state index in [0.717, 1.165) is 43.6 Å². The molecule has 2 N–H and O–H groups in total. The standard InChI is InChI=1S/C25H28F3N5O2/c26-25(27,28)18-7-8-19-20(14-18)31-23(30-19)17-6-9-21(29-15-17)32-10-12-33(13-11-32)24(35)22(34)16-4-2-1-3-5-16/h6-9,14-16,22,34H,1-5,10-13H2,(H,30,31). The molecule has 1 saturated heterocycles. The van der Waals surface area contributed by atoms with E-state index < -0.39 is 17.8 Å². The Bertz CT molecular complexity index is 1180. The number of alkyl halides is 3. The topological polar surface area (TPSA) is 85.4 Å². The fraction of sp³-hybridized carbons (Fsp3) is 0.480. The highest BCUT2D eigenvalue weighted by atomic mass is 19.4. The number of nitrogens with one attached hydrogen (secondary N) is 1. The summed E-state index contributed by atoms with van der Waals surface area (Å²) in [5, 5.41) is 10.5. The minimum Gasteiger partial charge on any atom is -0.383 e. The van der Waals surface area contributed by atoms with Crippen LogP contribution in [0.15, 0.2) is 36.5 Å². The van der Waals surface area contributed by atoms with E-state index in [1.165, 1.54) is 12.5 Å². The van der Waals surface area contributed by atoms with Crippen LogP contribution in [-0.4, -0.2) is 63.1 Å². The highest BCUT2D eigenvalue weighted by molar-refractivity contribution is 5.81. The van der Waals surface area contributed by atoms with Crippen LogP contribution >= 0.6 is 0 Å². The van der Waals surface area contributed by atoms with Crippen LogP contribution in [-0.2, 0) is 11.0 Å². The summed E-state index contributed by atoms with van der Waals surface area (Å²) in [5.74, 6) is 1.11. The van der Waals surface area contributed by atoms with Crippen molar-refractivity contribution in [2.75, 3.05) is 31.1 Å². The van der Waals surface area contributed by atoms with E-state index in [-0.39, 0.29) is 11.8 Å². The molecule has 2 fully saturated rings. The molecule has 1 atom stereocenters. The van der Waals surface area contributed by atoms with Crippen LogP contribution in [0.2, 0.25) is 0 Å². The molecule has 7 nitrogen and oxygen atoms in total. The number of aromatic amines is 1. The molecule has 2 aromatic heterocycles. The van der Waals surface area contributed by atoms with Gasteiger partial charge in [0.15, 0.2) is 0 Å². The predicted molar refractivity (Wildman–Crippen MR) is 126 cm³/mol. The highest BCUT2D eigenvalue weighted by Crippen LogP contribution is 2.32. The lowest BCUT2D eigenvalue weighted by molar-refractivity contribution is -0.144. The molecule has 35 heavy (non-hydrogen) atoms. The number of pyridine rings is 1. The molecule has 0 spiro atoms. The predicted octanol–water partition coefficient (Wildman–Crippen LogP) is 4.23. The Morgan fingerprint density at radius 2 is 1.80 bits per heavy atom. The van der Waals surface area contributed by atoms with Crippen molar-refractivity contribution in [3.8, 4) is 11.4 Å². The molecule has 2 aliphatic rings. The van der Waals surface area contributed by atoms with E-state index in [1.807, 2.05) is 12.1 Å². The second-order valence-corrected chi connectivity index (χ2v) is 9.38. The lowest BCUT2D eigenvalue weighted by Gasteiger charge is -2.37.